The summed E-state index contributed by atoms with van der Waals surface area (Å²) >= 11 is 0. The molecule has 3 aromatic rings. The molecule has 1 saturated heterocycles. The molecule has 5 heteroatoms. The van der Waals surface area contributed by atoms with E-state index >= 15 is 0 Å². The van der Waals surface area contributed by atoms with Crippen molar-refractivity contribution in [2.45, 2.75) is 37.8 Å². The number of nitrogens with zero attached hydrogens (tertiary/aromatic N) is 3. The van der Waals surface area contributed by atoms with Crippen LogP contribution in [0.15, 0.2) is 89.9 Å². The fraction of sp³-hybridized carbons (Fsp3) is 0.222. The second kappa shape index (κ2) is 7.75. The van der Waals surface area contributed by atoms with Gasteiger partial charge in [0.25, 0.3) is 5.69 Å². The SMILES string of the molecule is CC[C@]1(c2ccccc2)C2=Nc3ccccc3[C@H](C)N2[C@H]1/C=C/c1ccccc1[N+](=O)[O-]. The van der Waals surface area contributed by atoms with E-state index in [0.29, 0.717) is 5.56 Å². The summed E-state index contributed by atoms with van der Waals surface area (Å²) in [7, 11) is 0. The Balaban J connectivity index is 1.65. The standard InChI is InChI=1S/C27H25N3O2/c1-3-27(21-12-5-4-6-13-21)25(18-17-20-11-7-10-16-24(20)30(31)32)29-19(2)22-14-8-9-15-23(22)28-26(27)29/h4-19,25H,3H2,1-2H3/b18-17+/t19-,25-,27+/m0/s1. The lowest BCUT2D eigenvalue weighted by molar-refractivity contribution is -0.385. The van der Waals surface area contributed by atoms with Crippen LogP contribution in [0.3, 0.4) is 0 Å². The first-order valence-corrected chi connectivity index (χ1v) is 11.0. The second-order valence-electron chi connectivity index (χ2n) is 8.39. The van der Waals surface area contributed by atoms with Crippen molar-refractivity contribution in [3.63, 3.8) is 0 Å². The van der Waals surface area contributed by atoms with Crippen LogP contribution in [0.4, 0.5) is 11.4 Å². The molecule has 0 unspecified atom stereocenters. The number of hydrogen-bond acceptors (Lipinski definition) is 4. The first-order valence-electron chi connectivity index (χ1n) is 11.0. The largest absolute Gasteiger partial charge is 0.345 e. The minimum absolute atomic E-state index is 0.0387. The van der Waals surface area contributed by atoms with Gasteiger partial charge in [-0.05, 0) is 31.0 Å². The highest BCUT2D eigenvalue weighted by Crippen LogP contribution is 2.54. The number of hydrogen-bond donors (Lipinski definition) is 0. The third-order valence-electron chi connectivity index (χ3n) is 6.92. The average molecular weight is 424 g/mol. The first kappa shape index (κ1) is 20.2. The molecule has 0 radical (unpaired) electrons. The summed E-state index contributed by atoms with van der Waals surface area (Å²) in [5.41, 5.74) is 3.92. The van der Waals surface area contributed by atoms with E-state index in [1.807, 2.05) is 24.3 Å². The Morgan fingerprint density at radius 1 is 1.03 bits per heavy atom. The van der Waals surface area contributed by atoms with Gasteiger partial charge in [0.1, 0.15) is 5.84 Å². The second-order valence-corrected chi connectivity index (χ2v) is 8.39. The highest BCUT2D eigenvalue weighted by Gasteiger charge is 2.59. The summed E-state index contributed by atoms with van der Waals surface area (Å²) in [6.45, 7) is 4.41. The van der Waals surface area contributed by atoms with Crippen molar-refractivity contribution in [3.05, 3.63) is 112 Å². The highest BCUT2D eigenvalue weighted by atomic mass is 16.6. The smallest absolute Gasteiger partial charge is 0.276 e. The Bertz CT molecular complexity index is 1230. The van der Waals surface area contributed by atoms with Crippen molar-refractivity contribution >= 4 is 23.3 Å². The van der Waals surface area contributed by atoms with Crippen LogP contribution in [0.2, 0.25) is 0 Å². The number of aliphatic imine (C=N–C) groups is 1. The lowest BCUT2D eigenvalue weighted by Crippen LogP contribution is -2.71. The summed E-state index contributed by atoms with van der Waals surface area (Å²) < 4.78 is 0. The number of nitro groups is 1. The lowest BCUT2D eigenvalue weighted by atomic mass is 9.62. The molecule has 32 heavy (non-hydrogen) atoms. The minimum atomic E-state index is -0.322. The fourth-order valence-corrected chi connectivity index (χ4v) is 5.31. The molecule has 0 spiro atoms. The molecule has 0 saturated carbocycles. The average Bonchev–Trinajstić information content (AvgIpc) is 2.82. The third kappa shape index (κ3) is 2.88. The molecule has 5 rings (SSSR count). The molecule has 1 fully saturated rings. The molecule has 0 aliphatic carbocycles. The molecule has 0 N–H and O–H groups in total. The summed E-state index contributed by atoms with van der Waals surface area (Å²) in [5.74, 6) is 1.08. The van der Waals surface area contributed by atoms with Crippen molar-refractivity contribution in [1.29, 1.82) is 0 Å². The Morgan fingerprint density at radius 2 is 1.72 bits per heavy atom. The zero-order valence-corrected chi connectivity index (χ0v) is 18.2. The topological polar surface area (TPSA) is 58.7 Å². The first-order chi connectivity index (χ1) is 15.6. The zero-order chi connectivity index (χ0) is 22.3. The van der Waals surface area contributed by atoms with Crippen LogP contribution >= 0.6 is 0 Å². The van der Waals surface area contributed by atoms with Crippen LogP contribution in [0.5, 0.6) is 0 Å². The van der Waals surface area contributed by atoms with Gasteiger partial charge in [-0.2, -0.15) is 0 Å². The van der Waals surface area contributed by atoms with Gasteiger partial charge < -0.3 is 4.90 Å². The molecule has 2 aliphatic heterocycles. The Kier molecular flexibility index (Phi) is 4.89. The van der Waals surface area contributed by atoms with Crippen molar-refractivity contribution in [2.75, 3.05) is 0 Å². The number of rotatable bonds is 5. The normalized spacial score (nSPS) is 23.8. The zero-order valence-electron chi connectivity index (χ0n) is 18.2. The maximum absolute atomic E-state index is 11.5. The van der Waals surface area contributed by atoms with Gasteiger partial charge in [-0.3, -0.25) is 10.1 Å². The molecule has 0 bridgehead atoms. The van der Waals surface area contributed by atoms with Crippen molar-refractivity contribution in [2.24, 2.45) is 4.99 Å². The molecular formula is C27H25N3O2. The number of fused-ring (bicyclic) bond motifs is 2. The summed E-state index contributed by atoms with van der Waals surface area (Å²) in [6.07, 6.45) is 4.91. The van der Waals surface area contributed by atoms with E-state index in [9.17, 15) is 10.1 Å². The van der Waals surface area contributed by atoms with Gasteiger partial charge in [-0.1, -0.05) is 79.7 Å². The lowest BCUT2D eigenvalue weighted by Gasteiger charge is -2.62. The van der Waals surface area contributed by atoms with E-state index in [4.69, 9.17) is 4.99 Å². The van der Waals surface area contributed by atoms with Crippen molar-refractivity contribution in [1.82, 2.24) is 4.90 Å². The molecule has 0 aromatic heterocycles. The van der Waals surface area contributed by atoms with Crippen molar-refractivity contribution in [3.8, 4) is 0 Å². The number of benzene rings is 3. The molecule has 3 aromatic carbocycles. The molecule has 5 nitrogen and oxygen atoms in total. The quantitative estimate of drug-likeness (QED) is 0.350. The van der Waals surface area contributed by atoms with Gasteiger partial charge in [0.15, 0.2) is 0 Å². The van der Waals surface area contributed by atoms with E-state index in [0.717, 1.165) is 17.9 Å². The van der Waals surface area contributed by atoms with Crippen molar-refractivity contribution < 1.29 is 4.92 Å². The van der Waals surface area contributed by atoms with E-state index in [1.165, 1.54) is 11.1 Å². The molecule has 160 valence electrons. The van der Waals surface area contributed by atoms with E-state index in [-0.39, 0.29) is 28.1 Å². The highest BCUT2D eigenvalue weighted by molar-refractivity contribution is 6.04. The van der Waals surface area contributed by atoms with Crippen LogP contribution in [0.1, 0.15) is 43.0 Å². The predicted molar refractivity (Wildman–Crippen MR) is 128 cm³/mol. The monoisotopic (exact) mass is 423 g/mol. The van der Waals surface area contributed by atoms with Gasteiger partial charge in [0, 0.05) is 11.6 Å². The minimum Gasteiger partial charge on any atom is -0.345 e. The molecule has 0 amide bonds. The van der Waals surface area contributed by atoms with Gasteiger partial charge in [-0.25, -0.2) is 4.99 Å². The van der Waals surface area contributed by atoms with Crippen LogP contribution in [0.25, 0.3) is 6.08 Å². The van der Waals surface area contributed by atoms with Gasteiger partial charge in [-0.15, -0.1) is 0 Å². The number of amidine groups is 1. The van der Waals surface area contributed by atoms with Crippen LogP contribution < -0.4 is 0 Å². The third-order valence-corrected chi connectivity index (χ3v) is 6.92. The number of para-hydroxylation sites is 2. The Labute approximate surface area is 187 Å². The summed E-state index contributed by atoms with van der Waals surface area (Å²) in [5, 5.41) is 11.5. The maximum Gasteiger partial charge on any atom is 0.276 e. The molecule has 2 heterocycles. The van der Waals surface area contributed by atoms with E-state index in [2.05, 4.69) is 67.3 Å². The summed E-state index contributed by atoms with van der Waals surface area (Å²) in [6, 6.07) is 25.9. The van der Waals surface area contributed by atoms with E-state index in [1.54, 1.807) is 18.2 Å². The summed E-state index contributed by atoms with van der Waals surface area (Å²) in [4.78, 5) is 18.7. The van der Waals surface area contributed by atoms with Gasteiger partial charge in [0.2, 0.25) is 0 Å². The fourth-order valence-electron chi connectivity index (χ4n) is 5.31. The Hall–Kier alpha value is -3.73. The molecule has 3 atom stereocenters. The Morgan fingerprint density at radius 3 is 2.47 bits per heavy atom. The van der Waals surface area contributed by atoms with Crippen LogP contribution in [-0.4, -0.2) is 21.7 Å². The van der Waals surface area contributed by atoms with Gasteiger partial charge >= 0.3 is 0 Å². The van der Waals surface area contributed by atoms with Gasteiger partial charge in [0.05, 0.1) is 33.7 Å². The van der Waals surface area contributed by atoms with Crippen LogP contribution in [0, 0.1) is 10.1 Å². The van der Waals surface area contributed by atoms with E-state index < -0.39 is 0 Å². The predicted octanol–water partition coefficient (Wildman–Crippen LogP) is 6.45. The molecular weight excluding hydrogens is 398 g/mol. The maximum atomic E-state index is 11.5. The molecule has 2 aliphatic rings. The number of nitro benzene ring substituents is 1. The van der Waals surface area contributed by atoms with Crippen LogP contribution in [-0.2, 0) is 5.41 Å².